The first-order chi connectivity index (χ1) is 10.4. The van der Waals surface area contributed by atoms with Gasteiger partial charge in [0, 0.05) is 12.1 Å². The largest absolute Gasteiger partial charge is 0.423 e. The normalized spacial score (nSPS) is 28.5. The van der Waals surface area contributed by atoms with Crippen LogP contribution in [0.3, 0.4) is 0 Å². The molecule has 2 saturated heterocycles. The van der Waals surface area contributed by atoms with Crippen molar-refractivity contribution in [3.8, 4) is 0 Å². The summed E-state index contributed by atoms with van der Waals surface area (Å²) in [5.41, 5.74) is 3.18. The van der Waals surface area contributed by atoms with Crippen LogP contribution in [0.4, 0.5) is 6.01 Å². The van der Waals surface area contributed by atoms with Crippen LogP contribution in [-0.2, 0) is 5.41 Å². The van der Waals surface area contributed by atoms with Crippen molar-refractivity contribution < 1.29 is 9.52 Å². The maximum atomic E-state index is 9.94. The average molecular weight is 300 g/mol. The van der Waals surface area contributed by atoms with Crippen LogP contribution >= 0.6 is 0 Å². The Balaban J connectivity index is 1.71. The first-order valence-corrected chi connectivity index (χ1v) is 8.29. The number of nitrogens with zero attached hydrogens (tertiary/aromatic N) is 2. The molecule has 2 fully saturated rings. The maximum absolute atomic E-state index is 9.94. The van der Waals surface area contributed by atoms with Gasteiger partial charge in [-0.1, -0.05) is 26.8 Å². The second-order valence-electron chi connectivity index (χ2n) is 7.85. The number of aliphatic hydroxyl groups is 1. The SMILES string of the molecule is CC(C)(C)c1ccc2oc(N3[C@@H]4CC[C@H]3CC(O)C4)nc2c1. The summed E-state index contributed by atoms with van der Waals surface area (Å²) in [4.78, 5) is 7.06. The average Bonchev–Trinajstić information content (AvgIpc) is 2.95. The van der Waals surface area contributed by atoms with Crippen LogP contribution in [0, 0.1) is 0 Å². The van der Waals surface area contributed by atoms with Crippen molar-refractivity contribution in [1.82, 2.24) is 4.98 Å². The van der Waals surface area contributed by atoms with Crippen molar-refractivity contribution in [2.45, 2.75) is 70.1 Å². The molecule has 0 aliphatic carbocycles. The zero-order valence-corrected chi connectivity index (χ0v) is 13.5. The highest BCUT2D eigenvalue weighted by Gasteiger charge is 2.42. The molecule has 1 N–H and O–H groups in total. The molecule has 0 radical (unpaired) electrons. The van der Waals surface area contributed by atoms with Crippen LogP contribution in [0.15, 0.2) is 22.6 Å². The van der Waals surface area contributed by atoms with Crippen LogP contribution < -0.4 is 4.90 Å². The van der Waals surface area contributed by atoms with Gasteiger partial charge in [-0.3, -0.25) is 0 Å². The van der Waals surface area contributed by atoms with E-state index in [-0.39, 0.29) is 11.5 Å². The molecule has 0 spiro atoms. The summed E-state index contributed by atoms with van der Waals surface area (Å²) in [5, 5.41) is 9.94. The summed E-state index contributed by atoms with van der Waals surface area (Å²) in [6.07, 6.45) is 3.78. The molecule has 2 aromatic rings. The Morgan fingerprint density at radius 3 is 2.50 bits per heavy atom. The second-order valence-corrected chi connectivity index (χ2v) is 7.85. The number of piperidine rings is 1. The predicted octanol–water partition coefficient (Wildman–Crippen LogP) is 3.62. The second kappa shape index (κ2) is 4.72. The number of oxazole rings is 1. The molecule has 3 atom stereocenters. The van der Waals surface area contributed by atoms with E-state index in [2.05, 4.69) is 37.8 Å². The highest BCUT2D eigenvalue weighted by Crippen LogP contribution is 2.40. The minimum absolute atomic E-state index is 0.113. The molecule has 2 aliphatic rings. The molecule has 1 unspecified atom stereocenters. The number of aromatic nitrogens is 1. The van der Waals surface area contributed by atoms with Gasteiger partial charge in [-0.15, -0.1) is 0 Å². The van der Waals surface area contributed by atoms with E-state index in [9.17, 15) is 5.11 Å². The van der Waals surface area contributed by atoms with Gasteiger partial charge in [0.15, 0.2) is 5.58 Å². The zero-order chi connectivity index (χ0) is 15.5. The van der Waals surface area contributed by atoms with Gasteiger partial charge >= 0.3 is 0 Å². The van der Waals surface area contributed by atoms with E-state index in [4.69, 9.17) is 9.40 Å². The van der Waals surface area contributed by atoms with Crippen molar-refractivity contribution in [2.75, 3.05) is 4.90 Å². The summed E-state index contributed by atoms with van der Waals surface area (Å²) in [5.74, 6) is 0. The standard InChI is InChI=1S/C18H24N2O2/c1-18(2,3)11-4-7-16-15(8-11)19-17(22-16)20-12-5-6-13(20)10-14(21)9-12/h4,7-8,12-14,21H,5-6,9-10H2,1-3H3/t12-,13+,14?. The maximum Gasteiger partial charge on any atom is 0.298 e. The van der Waals surface area contributed by atoms with E-state index in [0.717, 1.165) is 42.8 Å². The van der Waals surface area contributed by atoms with Crippen LogP contribution in [0.25, 0.3) is 11.1 Å². The van der Waals surface area contributed by atoms with Gasteiger partial charge in [-0.05, 0) is 48.8 Å². The molecular weight excluding hydrogens is 276 g/mol. The van der Waals surface area contributed by atoms with Gasteiger partial charge < -0.3 is 14.4 Å². The summed E-state index contributed by atoms with van der Waals surface area (Å²) >= 11 is 0. The molecule has 4 heteroatoms. The lowest BCUT2D eigenvalue weighted by atomic mass is 9.87. The zero-order valence-electron chi connectivity index (χ0n) is 13.5. The molecule has 4 nitrogen and oxygen atoms in total. The van der Waals surface area contributed by atoms with Gasteiger partial charge in [0.25, 0.3) is 6.01 Å². The van der Waals surface area contributed by atoms with E-state index < -0.39 is 0 Å². The smallest absolute Gasteiger partial charge is 0.298 e. The third-order valence-corrected chi connectivity index (χ3v) is 5.17. The van der Waals surface area contributed by atoms with Crippen molar-refractivity contribution in [3.05, 3.63) is 23.8 Å². The molecular formula is C18H24N2O2. The van der Waals surface area contributed by atoms with Crippen molar-refractivity contribution in [3.63, 3.8) is 0 Å². The van der Waals surface area contributed by atoms with Crippen LogP contribution in [0.2, 0.25) is 0 Å². The minimum Gasteiger partial charge on any atom is -0.423 e. The fraction of sp³-hybridized carbons (Fsp3) is 0.611. The number of benzene rings is 1. The summed E-state index contributed by atoms with van der Waals surface area (Å²) in [6.45, 7) is 6.63. The molecule has 22 heavy (non-hydrogen) atoms. The van der Waals surface area contributed by atoms with Crippen molar-refractivity contribution in [1.29, 1.82) is 0 Å². The monoisotopic (exact) mass is 300 g/mol. The Morgan fingerprint density at radius 2 is 1.86 bits per heavy atom. The Morgan fingerprint density at radius 1 is 1.18 bits per heavy atom. The van der Waals surface area contributed by atoms with Gasteiger partial charge in [0.1, 0.15) is 5.52 Å². The molecule has 2 aliphatic heterocycles. The fourth-order valence-electron chi connectivity index (χ4n) is 3.95. The van der Waals surface area contributed by atoms with Crippen LogP contribution in [-0.4, -0.2) is 28.3 Å². The number of aliphatic hydroxyl groups excluding tert-OH is 1. The van der Waals surface area contributed by atoms with Gasteiger partial charge in [0.05, 0.1) is 6.10 Å². The molecule has 1 aromatic carbocycles. The Hall–Kier alpha value is -1.55. The van der Waals surface area contributed by atoms with Crippen molar-refractivity contribution in [2.24, 2.45) is 0 Å². The highest BCUT2D eigenvalue weighted by atomic mass is 16.4. The Labute approximate surface area is 131 Å². The lowest BCUT2D eigenvalue weighted by Gasteiger charge is -2.35. The number of rotatable bonds is 1. The third-order valence-electron chi connectivity index (χ3n) is 5.17. The van der Waals surface area contributed by atoms with E-state index in [0.29, 0.717) is 12.1 Å². The summed E-state index contributed by atoms with van der Waals surface area (Å²) in [7, 11) is 0. The summed E-state index contributed by atoms with van der Waals surface area (Å²) < 4.78 is 6.02. The fourth-order valence-corrected chi connectivity index (χ4v) is 3.95. The molecule has 1 aromatic heterocycles. The van der Waals surface area contributed by atoms with Crippen molar-refractivity contribution >= 4 is 17.1 Å². The van der Waals surface area contributed by atoms with Gasteiger partial charge in [-0.2, -0.15) is 4.98 Å². The molecule has 4 rings (SSSR count). The highest BCUT2D eigenvalue weighted by molar-refractivity contribution is 5.76. The summed E-state index contributed by atoms with van der Waals surface area (Å²) in [6, 6.07) is 7.80. The molecule has 118 valence electrons. The number of hydrogen-bond acceptors (Lipinski definition) is 4. The molecule has 2 bridgehead atoms. The Bertz CT molecular complexity index is 687. The molecule has 0 saturated carbocycles. The lowest BCUT2D eigenvalue weighted by molar-refractivity contribution is 0.124. The first kappa shape index (κ1) is 14.1. The van der Waals surface area contributed by atoms with E-state index in [1.54, 1.807) is 0 Å². The number of fused-ring (bicyclic) bond motifs is 3. The van der Waals surface area contributed by atoms with Crippen LogP contribution in [0.5, 0.6) is 0 Å². The van der Waals surface area contributed by atoms with Gasteiger partial charge in [0.2, 0.25) is 0 Å². The third kappa shape index (κ3) is 2.21. The van der Waals surface area contributed by atoms with Crippen LogP contribution in [0.1, 0.15) is 52.0 Å². The Kier molecular flexibility index (Phi) is 3.02. The predicted molar refractivity (Wildman–Crippen MR) is 87.2 cm³/mol. The molecule has 3 heterocycles. The number of hydrogen-bond donors (Lipinski definition) is 1. The minimum atomic E-state index is -0.161. The first-order valence-electron chi connectivity index (χ1n) is 8.29. The quantitative estimate of drug-likeness (QED) is 0.874. The topological polar surface area (TPSA) is 49.5 Å². The van der Waals surface area contributed by atoms with E-state index in [1.807, 2.05) is 6.07 Å². The van der Waals surface area contributed by atoms with E-state index in [1.165, 1.54) is 5.56 Å². The lowest BCUT2D eigenvalue weighted by Crippen LogP contribution is -2.44. The number of anilines is 1. The van der Waals surface area contributed by atoms with Gasteiger partial charge in [-0.25, -0.2) is 0 Å². The molecule has 0 amide bonds. The van der Waals surface area contributed by atoms with E-state index >= 15 is 0 Å².